The molecule has 0 aromatic heterocycles. The Morgan fingerprint density at radius 2 is 1.65 bits per heavy atom. The highest BCUT2D eigenvalue weighted by molar-refractivity contribution is 7.66. The lowest BCUT2D eigenvalue weighted by Crippen LogP contribution is -2.20. The van der Waals surface area contributed by atoms with Crippen LogP contribution in [0, 0.1) is 12.7 Å². The fourth-order valence-corrected chi connectivity index (χ4v) is 5.62. The molecule has 0 amide bonds. The number of rotatable bonds is 3. The van der Waals surface area contributed by atoms with Crippen molar-refractivity contribution in [1.29, 1.82) is 0 Å². The number of hydrogen-bond acceptors (Lipinski definition) is 0. The molecule has 1 aliphatic rings. The lowest BCUT2D eigenvalue weighted by Gasteiger charge is -2.28. The molecule has 1 atom stereocenters. The van der Waals surface area contributed by atoms with Gasteiger partial charge in [-0.1, -0.05) is 62.3 Å². The average Bonchev–Trinajstić information content (AvgIpc) is 2.63. The minimum Gasteiger partial charge on any atom is -0.206 e. The molecule has 0 spiro atoms. The predicted octanol–water partition coefficient (Wildman–Crippen LogP) is 5.07. The summed E-state index contributed by atoms with van der Waals surface area (Å²) >= 11 is 0. The molecule has 0 bridgehead atoms. The van der Waals surface area contributed by atoms with Gasteiger partial charge < -0.3 is 0 Å². The first-order valence-corrected chi connectivity index (χ1v) is 11.0. The Labute approximate surface area is 157 Å². The van der Waals surface area contributed by atoms with E-state index in [0.29, 0.717) is 0 Å². The minimum absolute atomic E-state index is 0.108. The van der Waals surface area contributed by atoms with Crippen molar-refractivity contribution in [3.8, 4) is 22.3 Å². The van der Waals surface area contributed by atoms with Crippen LogP contribution in [0.5, 0.6) is 0 Å². The molecular weight excluding hydrogens is 337 g/mol. The van der Waals surface area contributed by atoms with Crippen LogP contribution in [0.15, 0.2) is 48.5 Å². The molecule has 3 aromatic carbocycles. The lowest BCUT2D eigenvalue weighted by molar-refractivity contribution is 0.630. The van der Waals surface area contributed by atoms with Crippen molar-refractivity contribution < 1.29 is 4.39 Å². The average molecular weight is 358 g/mol. The Morgan fingerprint density at radius 1 is 1.00 bits per heavy atom. The summed E-state index contributed by atoms with van der Waals surface area (Å²) in [6.07, 6.45) is 1.89. The zero-order valence-corrected chi connectivity index (χ0v) is 16.3. The zero-order chi connectivity index (χ0) is 18.4. The summed E-state index contributed by atoms with van der Waals surface area (Å²) in [6, 6.07) is 16.0. The van der Waals surface area contributed by atoms with Gasteiger partial charge in [0.15, 0.2) is 0 Å². The number of fused-ring (bicyclic) bond motifs is 1. The van der Waals surface area contributed by atoms with E-state index in [-0.39, 0.29) is 13.7 Å². The van der Waals surface area contributed by atoms with E-state index < -0.39 is 0 Å². The molecule has 0 saturated heterocycles. The zero-order valence-electron chi connectivity index (χ0n) is 15.4. The third-order valence-electron chi connectivity index (χ3n) is 5.47. The maximum Gasteiger partial charge on any atom is 0.131 e. The third-order valence-corrected chi connectivity index (χ3v) is 7.53. The van der Waals surface area contributed by atoms with Crippen LogP contribution in [0.1, 0.15) is 23.6 Å². The van der Waals surface area contributed by atoms with Crippen LogP contribution >= 0.6 is 7.92 Å². The van der Waals surface area contributed by atoms with Crippen LogP contribution in [-0.2, 0) is 12.6 Å². The largest absolute Gasteiger partial charge is 0.206 e. The Kier molecular flexibility index (Phi) is 4.49. The Balaban J connectivity index is 1.94. The van der Waals surface area contributed by atoms with Gasteiger partial charge in [-0.2, -0.15) is 0 Å². The van der Waals surface area contributed by atoms with Gasteiger partial charge in [-0.15, -0.1) is 0 Å². The predicted molar refractivity (Wildman–Crippen MR) is 113 cm³/mol. The van der Waals surface area contributed by atoms with Gasteiger partial charge in [-0.05, 0) is 71.4 Å². The van der Waals surface area contributed by atoms with Crippen molar-refractivity contribution in [2.75, 3.05) is 6.66 Å². The van der Waals surface area contributed by atoms with Crippen LogP contribution in [0.2, 0.25) is 0 Å². The van der Waals surface area contributed by atoms with E-state index >= 15 is 0 Å². The quantitative estimate of drug-likeness (QED) is 0.453. The second-order valence-corrected chi connectivity index (χ2v) is 9.22. The first-order valence-electron chi connectivity index (χ1n) is 9.02. The van der Waals surface area contributed by atoms with E-state index in [4.69, 9.17) is 7.85 Å². The highest BCUT2D eigenvalue weighted by atomic mass is 31.1. The Hall–Kier alpha value is -1.92. The second-order valence-electron chi connectivity index (χ2n) is 7.02. The molecule has 128 valence electrons. The molecule has 3 aromatic rings. The van der Waals surface area contributed by atoms with Crippen molar-refractivity contribution in [2.45, 2.75) is 26.4 Å². The fraction of sp³-hybridized carbons (Fsp3) is 0.217. The van der Waals surface area contributed by atoms with E-state index in [1.54, 1.807) is 6.07 Å². The maximum absolute atomic E-state index is 14.9. The molecule has 0 fully saturated rings. The smallest absolute Gasteiger partial charge is 0.131 e. The van der Waals surface area contributed by atoms with E-state index in [1.165, 1.54) is 16.4 Å². The molecule has 0 aliphatic carbocycles. The normalized spacial score (nSPS) is 15.5. The van der Waals surface area contributed by atoms with Crippen molar-refractivity contribution >= 4 is 26.5 Å². The van der Waals surface area contributed by atoms with Gasteiger partial charge in [0.2, 0.25) is 0 Å². The standard InChI is InChI=1S/C23H21BFP/c1-4-16-18(17-7-6-10-21(24)14(17)2)8-5-9-19(16)20-12-23-15(11-22(20)25)13-26(23)3/h5-12H,4,13H2,1-3H3. The van der Waals surface area contributed by atoms with Gasteiger partial charge in [0, 0.05) is 5.56 Å². The summed E-state index contributed by atoms with van der Waals surface area (Å²) in [5.41, 5.74) is 8.25. The van der Waals surface area contributed by atoms with Crippen LogP contribution in [-0.4, -0.2) is 14.5 Å². The van der Waals surface area contributed by atoms with Gasteiger partial charge in [0.05, 0.1) is 0 Å². The molecule has 1 heterocycles. The molecule has 0 nitrogen and oxygen atoms in total. The highest BCUT2D eigenvalue weighted by Gasteiger charge is 2.25. The van der Waals surface area contributed by atoms with Crippen LogP contribution < -0.4 is 10.8 Å². The van der Waals surface area contributed by atoms with Crippen molar-refractivity contribution in [1.82, 2.24) is 0 Å². The Bertz CT molecular complexity index is 1010. The van der Waals surface area contributed by atoms with Gasteiger partial charge in [-0.25, -0.2) is 4.39 Å². The first kappa shape index (κ1) is 17.5. The van der Waals surface area contributed by atoms with Crippen LogP contribution in [0.4, 0.5) is 4.39 Å². The van der Waals surface area contributed by atoms with Crippen LogP contribution in [0.3, 0.4) is 0 Å². The van der Waals surface area contributed by atoms with E-state index in [9.17, 15) is 4.39 Å². The monoisotopic (exact) mass is 358 g/mol. The van der Waals surface area contributed by atoms with Gasteiger partial charge in [-0.3, -0.25) is 0 Å². The maximum atomic E-state index is 14.9. The SMILES string of the molecule is [B]c1cccc(-c2cccc(-c3cc4c(cc3F)CP4C)c2CC)c1C. The molecule has 3 heteroatoms. The summed E-state index contributed by atoms with van der Waals surface area (Å²) in [5, 5.41) is 1.35. The van der Waals surface area contributed by atoms with Crippen molar-refractivity contribution in [2.24, 2.45) is 0 Å². The summed E-state index contributed by atoms with van der Waals surface area (Å²) < 4.78 is 14.9. The Morgan fingerprint density at radius 3 is 2.35 bits per heavy atom. The molecule has 26 heavy (non-hydrogen) atoms. The van der Waals surface area contributed by atoms with Gasteiger partial charge >= 0.3 is 0 Å². The lowest BCUT2D eigenvalue weighted by atomic mass is 9.83. The van der Waals surface area contributed by atoms with Crippen molar-refractivity contribution in [3.05, 3.63) is 71.0 Å². The molecule has 1 aliphatic heterocycles. The molecule has 1 unspecified atom stereocenters. The van der Waals surface area contributed by atoms with Crippen molar-refractivity contribution in [3.63, 3.8) is 0 Å². The summed E-state index contributed by atoms with van der Waals surface area (Å²) in [7, 11) is 6.01. The number of halogens is 1. The highest BCUT2D eigenvalue weighted by Crippen LogP contribution is 2.46. The molecule has 0 saturated carbocycles. The summed E-state index contributed by atoms with van der Waals surface area (Å²) in [4.78, 5) is 0. The van der Waals surface area contributed by atoms with Gasteiger partial charge in [0.1, 0.15) is 13.7 Å². The molecular formula is C23H21BFP. The third kappa shape index (κ3) is 2.72. The first-order chi connectivity index (χ1) is 12.5. The summed E-state index contributed by atoms with van der Waals surface area (Å²) in [5.74, 6) is -0.108. The number of benzene rings is 3. The van der Waals surface area contributed by atoms with E-state index in [2.05, 4.69) is 31.8 Å². The molecule has 4 rings (SSSR count). The van der Waals surface area contributed by atoms with E-state index in [0.717, 1.165) is 45.9 Å². The summed E-state index contributed by atoms with van der Waals surface area (Å²) in [6.45, 7) is 6.45. The topological polar surface area (TPSA) is 0 Å². The second kappa shape index (κ2) is 6.67. The van der Waals surface area contributed by atoms with Crippen LogP contribution in [0.25, 0.3) is 22.3 Å². The number of hydrogen-bond donors (Lipinski definition) is 0. The molecule has 2 radical (unpaired) electrons. The minimum atomic E-state index is -0.111. The molecule has 0 N–H and O–H groups in total. The van der Waals surface area contributed by atoms with E-state index in [1.807, 2.05) is 31.2 Å². The van der Waals surface area contributed by atoms with Gasteiger partial charge in [0.25, 0.3) is 0 Å². The fourth-order valence-electron chi connectivity index (χ4n) is 3.96.